The Kier molecular flexibility index (Phi) is 3.52. The molecule has 0 unspecified atom stereocenters. The second-order valence-corrected chi connectivity index (χ2v) is 6.12. The fourth-order valence-electron chi connectivity index (χ4n) is 3.32. The van der Waals surface area contributed by atoms with Gasteiger partial charge in [0, 0.05) is 0 Å². The molecule has 2 aromatic rings. The van der Waals surface area contributed by atoms with Crippen LogP contribution >= 0.6 is 0 Å². The highest BCUT2D eigenvalue weighted by Crippen LogP contribution is 2.35. The molecule has 3 rings (SSSR count). The Bertz CT molecular complexity index is 628. The van der Waals surface area contributed by atoms with Crippen LogP contribution in [0.2, 0.25) is 0 Å². The standard InChI is InChI=1S/C19H22O/c1-13-6-9-18-16(10-13)4-3-5-17(18)11-15-8-7-14(2)19(20)12-15/h6-10,12,17,20H,3-5,11H2,1-2H3/t17-/m1/s1. The highest BCUT2D eigenvalue weighted by Gasteiger charge is 2.20. The lowest BCUT2D eigenvalue weighted by molar-refractivity contribution is 0.469. The molecule has 1 aliphatic carbocycles. The molecule has 2 aromatic carbocycles. The highest BCUT2D eigenvalue weighted by molar-refractivity contribution is 5.39. The van der Waals surface area contributed by atoms with Crippen molar-refractivity contribution >= 4 is 0 Å². The number of aromatic hydroxyl groups is 1. The molecule has 1 nitrogen and oxygen atoms in total. The summed E-state index contributed by atoms with van der Waals surface area (Å²) in [6.07, 6.45) is 4.78. The number of hydrogen-bond acceptors (Lipinski definition) is 1. The van der Waals surface area contributed by atoms with Crippen LogP contribution < -0.4 is 0 Å². The summed E-state index contributed by atoms with van der Waals surface area (Å²) in [5.74, 6) is 1.02. The van der Waals surface area contributed by atoms with Gasteiger partial charge in [-0.3, -0.25) is 0 Å². The summed E-state index contributed by atoms with van der Waals surface area (Å²) in [6, 6.07) is 13.0. The monoisotopic (exact) mass is 266 g/mol. The lowest BCUT2D eigenvalue weighted by atomic mass is 9.79. The van der Waals surface area contributed by atoms with Crippen molar-refractivity contribution in [1.29, 1.82) is 0 Å². The summed E-state index contributed by atoms with van der Waals surface area (Å²) in [5.41, 5.74) is 6.59. The first-order valence-corrected chi connectivity index (χ1v) is 7.51. The van der Waals surface area contributed by atoms with Crippen molar-refractivity contribution < 1.29 is 5.11 Å². The summed E-state index contributed by atoms with van der Waals surface area (Å²) in [6.45, 7) is 4.11. The maximum absolute atomic E-state index is 9.86. The quantitative estimate of drug-likeness (QED) is 0.837. The molecule has 1 heteroatoms. The molecule has 20 heavy (non-hydrogen) atoms. The van der Waals surface area contributed by atoms with Gasteiger partial charge >= 0.3 is 0 Å². The van der Waals surface area contributed by atoms with Crippen LogP contribution in [0.3, 0.4) is 0 Å². The fourth-order valence-corrected chi connectivity index (χ4v) is 3.32. The Labute approximate surface area is 121 Å². The Hall–Kier alpha value is -1.76. The molecule has 0 aromatic heterocycles. The molecular formula is C19H22O. The zero-order chi connectivity index (χ0) is 14.1. The summed E-state index contributed by atoms with van der Waals surface area (Å²) < 4.78 is 0. The van der Waals surface area contributed by atoms with Crippen molar-refractivity contribution in [1.82, 2.24) is 0 Å². The van der Waals surface area contributed by atoms with Crippen molar-refractivity contribution in [3.8, 4) is 5.75 Å². The Balaban J connectivity index is 1.87. The minimum atomic E-state index is 0.419. The third kappa shape index (κ3) is 2.58. The molecule has 1 N–H and O–H groups in total. The molecule has 0 heterocycles. The highest BCUT2D eigenvalue weighted by atomic mass is 16.3. The number of hydrogen-bond donors (Lipinski definition) is 1. The van der Waals surface area contributed by atoms with Gasteiger partial charge in [-0.15, -0.1) is 0 Å². The van der Waals surface area contributed by atoms with E-state index in [1.807, 2.05) is 19.1 Å². The number of phenols is 1. The summed E-state index contributed by atoms with van der Waals surface area (Å²) in [4.78, 5) is 0. The molecular weight excluding hydrogens is 244 g/mol. The maximum atomic E-state index is 9.86. The van der Waals surface area contributed by atoms with Crippen LogP contribution in [0.5, 0.6) is 5.75 Å². The van der Waals surface area contributed by atoms with Crippen LogP contribution in [0.4, 0.5) is 0 Å². The van der Waals surface area contributed by atoms with Crippen molar-refractivity contribution in [2.24, 2.45) is 0 Å². The number of benzene rings is 2. The molecule has 0 bridgehead atoms. The predicted molar refractivity (Wildman–Crippen MR) is 83.4 cm³/mol. The van der Waals surface area contributed by atoms with Gasteiger partial charge < -0.3 is 5.11 Å². The number of rotatable bonds is 2. The van der Waals surface area contributed by atoms with Gasteiger partial charge in [0.15, 0.2) is 0 Å². The van der Waals surface area contributed by atoms with E-state index in [4.69, 9.17) is 0 Å². The van der Waals surface area contributed by atoms with E-state index in [0.717, 1.165) is 12.0 Å². The lowest BCUT2D eigenvalue weighted by Gasteiger charge is -2.26. The second-order valence-electron chi connectivity index (χ2n) is 6.12. The molecule has 0 amide bonds. The first-order valence-electron chi connectivity index (χ1n) is 7.51. The zero-order valence-electron chi connectivity index (χ0n) is 12.3. The minimum absolute atomic E-state index is 0.419. The van der Waals surface area contributed by atoms with E-state index < -0.39 is 0 Å². The minimum Gasteiger partial charge on any atom is -0.508 e. The van der Waals surface area contributed by atoms with Gasteiger partial charge in [0.1, 0.15) is 5.75 Å². The van der Waals surface area contributed by atoms with E-state index in [1.165, 1.54) is 41.5 Å². The van der Waals surface area contributed by atoms with Gasteiger partial charge in [-0.1, -0.05) is 35.9 Å². The van der Waals surface area contributed by atoms with Crippen LogP contribution in [0.25, 0.3) is 0 Å². The third-order valence-corrected chi connectivity index (χ3v) is 4.49. The number of aryl methyl sites for hydroxylation is 3. The third-order valence-electron chi connectivity index (χ3n) is 4.49. The lowest BCUT2D eigenvalue weighted by Crippen LogP contribution is -2.12. The van der Waals surface area contributed by atoms with Crippen molar-refractivity contribution in [3.63, 3.8) is 0 Å². The molecule has 0 aliphatic heterocycles. The van der Waals surface area contributed by atoms with E-state index in [9.17, 15) is 5.11 Å². The summed E-state index contributed by atoms with van der Waals surface area (Å²) in [5, 5.41) is 9.86. The van der Waals surface area contributed by atoms with Crippen molar-refractivity contribution in [2.45, 2.75) is 45.4 Å². The summed E-state index contributed by atoms with van der Waals surface area (Å²) >= 11 is 0. The Morgan fingerprint density at radius 3 is 2.75 bits per heavy atom. The van der Waals surface area contributed by atoms with Crippen molar-refractivity contribution in [2.75, 3.05) is 0 Å². The average molecular weight is 266 g/mol. The summed E-state index contributed by atoms with van der Waals surface area (Å²) in [7, 11) is 0. The number of phenolic OH excluding ortho intramolecular Hbond substituents is 1. The van der Waals surface area contributed by atoms with Gasteiger partial charge in [-0.2, -0.15) is 0 Å². The van der Waals surface area contributed by atoms with Crippen molar-refractivity contribution in [3.05, 3.63) is 64.2 Å². The van der Waals surface area contributed by atoms with Gasteiger partial charge in [0.25, 0.3) is 0 Å². The van der Waals surface area contributed by atoms with Crippen LogP contribution in [-0.2, 0) is 12.8 Å². The van der Waals surface area contributed by atoms with Crippen LogP contribution in [0.15, 0.2) is 36.4 Å². The van der Waals surface area contributed by atoms with Crippen LogP contribution in [0, 0.1) is 13.8 Å². The van der Waals surface area contributed by atoms with Gasteiger partial charge in [0.2, 0.25) is 0 Å². The van der Waals surface area contributed by atoms with E-state index in [-0.39, 0.29) is 0 Å². The molecule has 104 valence electrons. The molecule has 1 aliphatic rings. The molecule has 0 saturated carbocycles. The van der Waals surface area contributed by atoms with Gasteiger partial charge in [0.05, 0.1) is 0 Å². The zero-order valence-corrected chi connectivity index (χ0v) is 12.3. The molecule has 0 fully saturated rings. The van der Waals surface area contributed by atoms with E-state index in [0.29, 0.717) is 11.7 Å². The van der Waals surface area contributed by atoms with Crippen LogP contribution in [0.1, 0.15) is 46.6 Å². The first kappa shape index (κ1) is 13.2. The topological polar surface area (TPSA) is 20.2 Å². The van der Waals surface area contributed by atoms with Gasteiger partial charge in [-0.05, 0) is 73.8 Å². The molecule has 0 saturated heterocycles. The van der Waals surface area contributed by atoms with E-state index in [1.54, 1.807) is 0 Å². The first-order chi connectivity index (χ1) is 9.63. The van der Waals surface area contributed by atoms with E-state index >= 15 is 0 Å². The SMILES string of the molecule is Cc1ccc2c(c1)CCC[C@@H]2Cc1ccc(C)c(O)c1. The predicted octanol–water partition coefficient (Wildman–Crippen LogP) is 4.67. The molecule has 1 atom stereocenters. The van der Waals surface area contributed by atoms with E-state index in [2.05, 4.69) is 31.2 Å². The fraction of sp³-hybridized carbons (Fsp3) is 0.368. The Morgan fingerprint density at radius 2 is 1.95 bits per heavy atom. The Morgan fingerprint density at radius 1 is 1.10 bits per heavy atom. The number of fused-ring (bicyclic) bond motifs is 1. The average Bonchev–Trinajstić information content (AvgIpc) is 2.43. The maximum Gasteiger partial charge on any atom is 0.118 e. The molecule has 0 spiro atoms. The second kappa shape index (κ2) is 5.32. The van der Waals surface area contributed by atoms with Crippen LogP contribution in [-0.4, -0.2) is 5.11 Å². The smallest absolute Gasteiger partial charge is 0.118 e. The largest absolute Gasteiger partial charge is 0.508 e. The molecule has 0 radical (unpaired) electrons. The normalized spacial score (nSPS) is 17.8. The van der Waals surface area contributed by atoms with Gasteiger partial charge in [-0.25, -0.2) is 0 Å².